The molecule has 2 rings (SSSR count). The molecule has 0 amide bonds. The Labute approximate surface area is 109 Å². The monoisotopic (exact) mass is 298 g/mol. The Hall–Kier alpha value is -1.03. The van der Waals surface area contributed by atoms with Crippen molar-refractivity contribution in [2.75, 3.05) is 6.61 Å². The van der Waals surface area contributed by atoms with Gasteiger partial charge in [-0.3, -0.25) is 4.79 Å². The van der Waals surface area contributed by atoms with Gasteiger partial charge in [0.15, 0.2) is 0 Å². The molecule has 1 aromatic rings. The molecule has 0 unspecified atom stereocenters. The van der Waals surface area contributed by atoms with Crippen molar-refractivity contribution in [3.63, 3.8) is 0 Å². The van der Waals surface area contributed by atoms with Crippen LogP contribution in [0.1, 0.15) is 25.7 Å². The predicted octanol–water partition coefficient (Wildman–Crippen LogP) is 3.47. The predicted molar refractivity (Wildman–Crippen MR) is 68.2 cm³/mol. The van der Waals surface area contributed by atoms with E-state index in [4.69, 9.17) is 9.84 Å². The molecule has 92 valence electrons. The maximum Gasteiger partial charge on any atom is 0.309 e. The van der Waals surface area contributed by atoms with Gasteiger partial charge in [-0.15, -0.1) is 0 Å². The van der Waals surface area contributed by atoms with Crippen LogP contribution in [-0.4, -0.2) is 17.7 Å². The number of aliphatic carboxylic acids is 1. The van der Waals surface area contributed by atoms with E-state index in [1.54, 1.807) is 0 Å². The molecule has 1 N–H and O–H groups in total. The minimum atomic E-state index is -0.679. The first-order valence-corrected chi connectivity index (χ1v) is 6.53. The molecule has 0 saturated heterocycles. The lowest BCUT2D eigenvalue weighted by Crippen LogP contribution is -2.39. The van der Waals surface area contributed by atoms with Gasteiger partial charge in [0, 0.05) is 4.47 Å². The summed E-state index contributed by atoms with van der Waals surface area (Å²) in [5, 5.41) is 9.16. The van der Waals surface area contributed by atoms with Gasteiger partial charge in [-0.25, -0.2) is 0 Å². The van der Waals surface area contributed by atoms with Crippen LogP contribution in [0.25, 0.3) is 0 Å². The van der Waals surface area contributed by atoms with Crippen LogP contribution in [0, 0.1) is 5.41 Å². The summed E-state index contributed by atoms with van der Waals surface area (Å²) in [5.74, 6) is 0.0980. The van der Waals surface area contributed by atoms with E-state index >= 15 is 0 Å². The van der Waals surface area contributed by atoms with Crippen molar-refractivity contribution < 1.29 is 14.6 Å². The second kappa shape index (κ2) is 5.08. The third-order valence-corrected chi connectivity index (χ3v) is 3.90. The lowest BCUT2D eigenvalue weighted by molar-refractivity contribution is -0.155. The standard InChI is InChI=1S/C13H15BrO3/c14-10-3-1-4-11(9-10)17-8-7-13(12(15)16)5-2-6-13/h1,3-4,9H,2,5-8H2,(H,15,16). The lowest BCUT2D eigenvalue weighted by atomic mass is 9.67. The fourth-order valence-electron chi connectivity index (χ4n) is 2.10. The van der Waals surface area contributed by atoms with Gasteiger partial charge in [-0.05, 0) is 37.5 Å². The minimum absolute atomic E-state index is 0.461. The molecule has 0 heterocycles. The number of rotatable bonds is 5. The minimum Gasteiger partial charge on any atom is -0.494 e. The van der Waals surface area contributed by atoms with E-state index in [-0.39, 0.29) is 0 Å². The maximum absolute atomic E-state index is 11.1. The zero-order chi connectivity index (χ0) is 12.3. The van der Waals surface area contributed by atoms with Crippen molar-refractivity contribution in [3.05, 3.63) is 28.7 Å². The number of benzene rings is 1. The molecule has 1 aliphatic rings. The number of carbonyl (C=O) groups is 1. The van der Waals surface area contributed by atoms with E-state index in [0.29, 0.717) is 13.0 Å². The summed E-state index contributed by atoms with van der Waals surface area (Å²) in [6, 6.07) is 7.58. The Morgan fingerprint density at radius 2 is 2.24 bits per heavy atom. The van der Waals surface area contributed by atoms with Crippen molar-refractivity contribution in [2.45, 2.75) is 25.7 Å². The van der Waals surface area contributed by atoms with Gasteiger partial charge in [0.1, 0.15) is 5.75 Å². The molecule has 0 aliphatic heterocycles. The highest BCUT2D eigenvalue weighted by Gasteiger charge is 2.43. The summed E-state index contributed by atoms with van der Waals surface area (Å²) in [6.45, 7) is 0.461. The normalized spacial score (nSPS) is 17.2. The number of halogens is 1. The van der Waals surface area contributed by atoms with Gasteiger partial charge >= 0.3 is 5.97 Å². The highest BCUT2D eigenvalue weighted by Crippen LogP contribution is 2.44. The summed E-state index contributed by atoms with van der Waals surface area (Å²) in [4.78, 5) is 11.1. The van der Waals surface area contributed by atoms with E-state index in [1.165, 1.54) is 0 Å². The van der Waals surface area contributed by atoms with Gasteiger partial charge in [0.05, 0.1) is 12.0 Å². The quantitative estimate of drug-likeness (QED) is 0.905. The molecule has 3 nitrogen and oxygen atoms in total. The summed E-state index contributed by atoms with van der Waals surface area (Å²) in [7, 11) is 0. The van der Waals surface area contributed by atoms with E-state index in [9.17, 15) is 4.79 Å². The zero-order valence-corrected chi connectivity index (χ0v) is 11.1. The van der Waals surface area contributed by atoms with E-state index in [0.717, 1.165) is 29.5 Å². The van der Waals surface area contributed by atoms with Crippen LogP contribution in [0.5, 0.6) is 5.75 Å². The average molecular weight is 299 g/mol. The Balaban J connectivity index is 1.85. The van der Waals surface area contributed by atoms with Gasteiger partial charge in [-0.1, -0.05) is 28.4 Å². The number of carboxylic acid groups (broad SMARTS) is 1. The number of hydrogen-bond donors (Lipinski definition) is 1. The fraction of sp³-hybridized carbons (Fsp3) is 0.462. The van der Waals surface area contributed by atoms with Gasteiger partial charge in [-0.2, -0.15) is 0 Å². The van der Waals surface area contributed by atoms with E-state index in [2.05, 4.69) is 15.9 Å². The van der Waals surface area contributed by atoms with Crippen LogP contribution in [0.15, 0.2) is 28.7 Å². The Bertz CT molecular complexity index is 413. The molecule has 1 aromatic carbocycles. The van der Waals surface area contributed by atoms with Crippen molar-refractivity contribution in [2.24, 2.45) is 5.41 Å². The van der Waals surface area contributed by atoms with Crippen LogP contribution in [-0.2, 0) is 4.79 Å². The summed E-state index contributed by atoms with van der Waals surface area (Å²) >= 11 is 3.37. The van der Waals surface area contributed by atoms with Crippen molar-refractivity contribution >= 4 is 21.9 Å². The fourth-order valence-corrected chi connectivity index (χ4v) is 2.47. The molecule has 17 heavy (non-hydrogen) atoms. The molecular weight excluding hydrogens is 284 g/mol. The summed E-state index contributed by atoms with van der Waals surface area (Å²) < 4.78 is 6.54. The second-order valence-electron chi connectivity index (χ2n) is 4.49. The largest absolute Gasteiger partial charge is 0.494 e. The van der Waals surface area contributed by atoms with Crippen LogP contribution in [0.2, 0.25) is 0 Å². The van der Waals surface area contributed by atoms with Gasteiger partial charge in [0.25, 0.3) is 0 Å². The molecular formula is C13H15BrO3. The van der Waals surface area contributed by atoms with Crippen LogP contribution >= 0.6 is 15.9 Å². The highest BCUT2D eigenvalue weighted by molar-refractivity contribution is 9.10. The number of hydrogen-bond acceptors (Lipinski definition) is 2. The molecule has 0 aromatic heterocycles. The molecule has 0 bridgehead atoms. The van der Waals surface area contributed by atoms with E-state index < -0.39 is 11.4 Å². The first kappa shape index (κ1) is 12.4. The molecule has 1 saturated carbocycles. The van der Waals surface area contributed by atoms with Gasteiger partial charge < -0.3 is 9.84 Å². The van der Waals surface area contributed by atoms with Crippen LogP contribution in [0.3, 0.4) is 0 Å². The third kappa shape index (κ3) is 2.80. The Kier molecular flexibility index (Phi) is 3.72. The topological polar surface area (TPSA) is 46.5 Å². The van der Waals surface area contributed by atoms with Crippen molar-refractivity contribution in [3.8, 4) is 5.75 Å². The summed E-state index contributed by atoms with van der Waals surface area (Å²) in [6.07, 6.45) is 3.17. The molecule has 0 atom stereocenters. The Morgan fingerprint density at radius 3 is 2.76 bits per heavy atom. The highest BCUT2D eigenvalue weighted by atomic mass is 79.9. The first-order valence-electron chi connectivity index (χ1n) is 5.74. The van der Waals surface area contributed by atoms with Crippen LogP contribution in [0.4, 0.5) is 0 Å². The summed E-state index contributed by atoms with van der Waals surface area (Å²) in [5.41, 5.74) is -0.522. The first-order chi connectivity index (χ1) is 8.12. The lowest BCUT2D eigenvalue weighted by Gasteiger charge is -2.37. The Morgan fingerprint density at radius 1 is 1.47 bits per heavy atom. The molecule has 1 aliphatic carbocycles. The smallest absolute Gasteiger partial charge is 0.309 e. The molecule has 0 radical (unpaired) electrons. The van der Waals surface area contributed by atoms with Crippen LogP contribution < -0.4 is 4.74 Å². The SMILES string of the molecule is O=C(O)C1(CCOc2cccc(Br)c2)CCC1. The van der Waals surface area contributed by atoms with Crippen molar-refractivity contribution in [1.82, 2.24) is 0 Å². The van der Waals surface area contributed by atoms with E-state index in [1.807, 2.05) is 24.3 Å². The number of ether oxygens (including phenoxy) is 1. The third-order valence-electron chi connectivity index (χ3n) is 3.41. The average Bonchev–Trinajstić information content (AvgIpc) is 2.21. The van der Waals surface area contributed by atoms with Gasteiger partial charge in [0.2, 0.25) is 0 Å². The zero-order valence-electron chi connectivity index (χ0n) is 9.49. The number of carboxylic acids is 1. The maximum atomic E-state index is 11.1. The molecule has 4 heteroatoms. The van der Waals surface area contributed by atoms with Crippen molar-refractivity contribution in [1.29, 1.82) is 0 Å². The molecule has 1 fully saturated rings. The second-order valence-corrected chi connectivity index (χ2v) is 5.41. The molecule has 0 spiro atoms.